The Morgan fingerprint density at radius 3 is 2.40 bits per heavy atom. The maximum absolute atomic E-state index is 4.35. The van der Waals surface area contributed by atoms with Crippen LogP contribution in [0, 0.1) is 0 Å². The van der Waals surface area contributed by atoms with Gasteiger partial charge in [-0.1, -0.05) is 26.3 Å². The molecule has 84 valence electrons. The minimum Gasteiger partial charge on any atom is -0.277 e. The second-order valence-corrected chi connectivity index (χ2v) is 3.93. The molecule has 1 unspecified atom stereocenters. The maximum atomic E-state index is 4.35. The molecule has 1 rings (SSSR count). The van der Waals surface area contributed by atoms with Crippen molar-refractivity contribution < 1.29 is 0 Å². The molecule has 0 aliphatic carbocycles. The highest BCUT2D eigenvalue weighted by Crippen LogP contribution is 2.18. The molecule has 2 heteroatoms. The summed E-state index contributed by atoms with van der Waals surface area (Å²) in [7, 11) is 0. The van der Waals surface area contributed by atoms with E-state index in [2.05, 4.69) is 30.4 Å². The molecular weight excluding hydrogens is 184 g/mol. The summed E-state index contributed by atoms with van der Waals surface area (Å²) >= 11 is 0. The third-order valence-electron chi connectivity index (χ3n) is 1.80. The summed E-state index contributed by atoms with van der Waals surface area (Å²) in [5.41, 5.74) is 1.65. The van der Waals surface area contributed by atoms with Crippen molar-refractivity contribution in [2.45, 2.75) is 46.6 Å². The molecule has 0 aromatic heterocycles. The Hall–Kier alpha value is -1.18. The molecule has 0 saturated carbocycles. The van der Waals surface area contributed by atoms with Gasteiger partial charge < -0.3 is 0 Å². The number of aliphatic imine (C=N–C) groups is 2. The van der Waals surface area contributed by atoms with E-state index in [0.29, 0.717) is 0 Å². The van der Waals surface area contributed by atoms with Crippen LogP contribution in [0.3, 0.4) is 0 Å². The molecule has 0 aromatic carbocycles. The van der Waals surface area contributed by atoms with Crippen molar-refractivity contribution in [1.29, 1.82) is 0 Å². The molecule has 1 atom stereocenters. The first-order valence-corrected chi connectivity index (χ1v) is 5.41. The number of hydrogen-bond donors (Lipinski definition) is 0. The van der Waals surface area contributed by atoms with E-state index < -0.39 is 0 Å². The van der Waals surface area contributed by atoms with E-state index in [1.54, 1.807) is 6.21 Å². The van der Waals surface area contributed by atoms with Crippen LogP contribution < -0.4 is 0 Å². The third-order valence-corrected chi connectivity index (χ3v) is 1.80. The van der Waals surface area contributed by atoms with Crippen LogP contribution >= 0.6 is 0 Å². The van der Waals surface area contributed by atoms with Gasteiger partial charge in [-0.2, -0.15) is 0 Å². The van der Waals surface area contributed by atoms with Crippen molar-refractivity contribution in [3.05, 3.63) is 24.4 Å². The molecule has 15 heavy (non-hydrogen) atoms. The Morgan fingerprint density at radius 1 is 1.40 bits per heavy atom. The molecule has 0 radical (unpaired) electrons. The fourth-order valence-corrected chi connectivity index (χ4v) is 1.14. The van der Waals surface area contributed by atoms with Gasteiger partial charge in [0.25, 0.3) is 0 Å². The number of nitrogens with zero attached hydrogens (tertiary/aromatic N) is 2. The van der Waals surface area contributed by atoms with Gasteiger partial charge in [-0.25, -0.2) is 0 Å². The van der Waals surface area contributed by atoms with Gasteiger partial charge in [0.1, 0.15) is 0 Å². The van der Waals surface area contributed by atoms with Gasteiger partial charge >= 0.3 is 0 Å². The van der Waals surface area contributed by atoms with Crippen LogP contribution in [0.1, 0.15) is 41.0 Å². The van der Waals surface area contributed by atoms with Crippen LogP contribution in [-0.2, 0) is 0 Å². The highest BCUT2D eigenvalue weighted by atomic mass is 14.9. The molecule has 0 N–H and O–H groups in total. The van der Waals surface area contributed by atoms with Crippen molar-refractivity contribution in [2.24, 2.45) is 9.98 Å². The van der Waals surface area contributed by atoms with Crippen LogP contribution in [0.4, 0.5) is 0 Å². The van der Waals surface area contributed by atoms with Gasteiger partial charge in [0, 0.05) is 11.9 Å². The number of allylic oxidation sites excluding steroid dienone is 1. The minimum atomic E-state index is -0.286. The smallest absolute Gasteiger partial charge is 0.0958 e. The molecule has 1 heterocycles. The Labute approximate surface area is 93.5 Å². The van der Waals surface area contributed by atoms with Gasteiger partial charge in [0.2, 0.25) is 0 Å². The Kier molecular flexibility index (Phi) is 5.83. The van der Waals surface area contributed by atoms with Crippen LogP contribution in [0.2, 0.25) is 0 Å². The predicted molar refractivity (Wildman–Crippen MR) is 69.9 cm³/mol. The lowest BCUT2D eigenvalue weighted by Gasteiger charge is -2.14. The molecule has 2 nitrogen and oxygen atoms in total. The molecule has 0 saturated heterocycles. The maximum Gasteiger partial charge on any atom is 0.0958 e. The molecular formula is C13H22N2. The molecule has 0 spiro atoms. The summed E-state index contributed by atoms with van der Waals surface area (Å²) in [5, 5.41) is 0. The zero-order valence-corrected chi connectivity index (χ0v) is 10.5. The average molecular weight is 206 g/mol. The SMILES string of the molecule is C=CC1(C)C=C(C)N=C(C)C=N1.CCC. The lowest BCUT2D eigenvalue weighted by molar-refractivity contribution is 0.739. The van der Waals surface area contributed by atoms with Crippen molar-refractivity contribution in [1.82, 2.24) is 0 Å². The molecule has 0 bridgehead atoms. The monoisotopic (exact) mass is 206 g/mol. The minimum absolute atomic E-state index is 0.286. The van der Waals surface area contributed by atoms with Gasteiger partial charge in [0.15, 0.2) is 0 Å². The number of rotatable bonds is 1. The first-order valence-electron chi connectivity index (χ1n) is 5.41. The van der Waals surface area contributed by atoms with Gasteiger partial charge in [-0.15, -0.1) is 6.58 Å². The van der Waals surface area contributed by atoms with Crippen LogP contribution in [0.15, 0.2) is 34.4 Å². The molecule has 1 aliphatic heterocycles. The summed E-state index contributed by atoms with van der Waals surface area (Å²) < 4.78 is 0. The summed E-state index contributed by atoms with van der Waals surface area (Å²) in [5.74, 6) is 0. The highest BCUT2D eigenvalue weighted by molar-refractivity contribution is 6.30. The molecule has 0 aromatic rings. The van der Waals surface area contributed by atoms with Crippen molar-refractivity contribution in [3.63, 3.8) is 0 Å². The van der Waals surface area contributed by atoms with E-state index in [4.69, 9.17) is 0 Å². The van der Waals surface area contributed by atoms with Crippen molar-refractivity contribution in [3.8, 4) is 0 Å². The summed E-state index contributed by atoms with van der Waals surface area (Å²) in [4.78, 5) is 8.66. The molecule has 0 fully saturated rings. The van der Waals surface area contributed by atoms with Crippen molar-refractivity contribution in [2.75, 3.05) is 0 Å². The first kappa shape index (κ1) is 13.8. The number of hydrogen-bond acceptors (Lipinski definition) is 2. The Balaban J connectivity index is 0.000000583. The van der Waals surface area contributed by atoms with E-state index in [-0.39, 0.29) is 5.54 Å². The largest absolute Gasteiger partial charge is 0.277 e. The van der Waals surface area contributed by atoms with Gasteiger partial charge in [-0.3, -0.25) is 9.98 Å². The van der Waals surface area contributed by atoms with E-state index in [0.717, 1.165) is 11.4 Å². The highest BCUT2D eigenvalue weighted by Gasteiger charge is 2.16. The Morgan fingerprint density at radius 2 is 1.93 bits per heavy atom. The lowest BCUT2D eigenvalue weighted by atomic mass is 10.0. The predicted octanol–water partition coefficient (Wildman–Crippen LogP) is 3.80. The van der Waals surface area contributed by atoms with Crippen LogP contribution in [0.25, 0.3) is 0 Å². The second-order valence-electron chi connectivity index (χ2n) is 3.93. The normalized spacial score (nSPS) is 24.3. The second kappa shape index (κ2) is 6.33. The summed E-state index contributed by atoms with van der Waals surface area (Å²) in [6.45, 7) is 13.9. The van der Waals surface area contributed by atoms with Crippen molar-refractivity contribution >= 4 is 11.9 Å². The van der Waals surface area contributed by atoms with E-state index in [9.17, 15) is 0 Å². The van der Waals surface area contributed by atoms with E-state index in [1.165, 1.54) is 6.42 Å². The van der Waals surface area contributed by atoms with Gasteiger partial charge in [-0.05, 0) is 26.8 Å². The van der Waals surface area contributed by atoms with Crippen LogP contribution in [0.5, 0.6) is 0 Å². The van der Waals surface area contributed by atoms with Crippen LogP contribution in [-0.4, -0.2) is 17.5 Å². The summed E-state index contributed by atoms with van der Waals surface area (Å²) in [6.07, 6.45) is 6.86. The first-order chi connectivity index (χ1) is 6.97. The topological polar surface area (TPSA) is 24.7 Å². The quantitative estimate of drug-likeness (QED) is 0.583. The van der Waals surface area contributed by atoms with E-state index in [1.807, 2.05) is 32.9 Å². The molecule has 1 aliphatic rings. The zero-order valence-electron chi connectivity index (χ0n) is 10.5. The Bertz CT molecular complexity index is 298. The fourth-order valence-electron chi connectivity index (χ4n) is 1.14. The average Bonchev–Trinajstić information content (AvgIpc) is 2.27. The lowest BCUT2D eigenvalue weighted by Crippen LogP contribution is -2.14. The zero-order chi connectivity index (χ0) is 11.9. The molecule has 0 amide bonds. The van der Waals surface area contributed by atoms with E-state index >= 15 is 0 Å². The van der Waals surface area contributed by atoms with Gasteiger partial charge in [0.05, 0.1) is 11.3 Å². The standard InChI is InChI=1S/C10H14N2.C3H8/c1-5-10(4)6-8(2)12-9(3)7-11-10;1-3-2/h5-7H,1H2,2-4H3;3H2,1-2H3. The third kappa shape index (κ3) is 5.31. The fraction of sp³-hybridized carbons (Fsp3) is 0.538. The summed E-state index contributed by atoms with van der Waals surface area (Å²) in [6, 6.07) is 0.